The van der Waals surface area contributed by atoms with Gasteiger partial charge in [-0.15, -0.1) is 0 Å². The molecular weight excluding hydrogens is 411 g/mol. The highest BCUT2D eigenvalue weighted by atomic mass is 19.2. The van der Waals surface area contributed by atoms with Crippen LogP contribution in [0.1, 0.15) is 11.1 Å². The Hall–Kier alpha value is -3.11. The van der Waals surface area contributed by atoms with E-state index in [0.29, 0.717) is 31.9 Å². The monoisotopic (exact) mass is 435 g/mol. The van der Waals surface area contributed by atoms with E-state index in [2.05, 4.69) is 15.2 Å². The number of hydrogen-bond donors (Lipinski definition) is 3. The normalized spacial score (nSPS) is 15.0. The number of halogens is 3. The average molecular weight is 435 g/mol. The zero-order chi connectivity index (χ0) is 22.4. The predicted molar refractivity (Wildman–Crippen MR) is 112 cm³/mol. The van der Waals surface area contributed by atoms with Crippen LogP contribution in [0, 0.1) is 29.8 Å². The van der Waals surface area contributed by atoms with Gasteiger partial charge in [-0.1, -0.05) is 6.07 Å². The fourth-order valence-corrected chi connectivity index (χ4v) is 3.04. The maximum absolute atomic E-state index is 14.5. The number of nitrogens with one attached hydrogen (secondary N) is 2. The molecule has 0 aromatic heterocycles. The summed E-state index contributed by atoms with van der Waals surface area (Å²) < 4.78 is 52.9. The highest BCUT2D eigenvalue weighted by Gasteiger charge is 2.20. The van der Waals surface area contributed by atoms with Gasteiger partial charge in [-0.3, -0.25) is 10.3 Å². The summed E-state index contributed by atoms with van der Waals surface area (Å²) in [5.41, 5.74) is 5.76. The van der Waals surface area contributed by atoms with Crippen molar-refractivity contribution in [1.29, 1.82) is 5.41 Å². The molecule has 3 rings (SSSR count). The van der Waals surface area contributed by atoms with Crippen LogP contribution < -0.4 is 11.1 Å². The Bertz CT molecular complexity index is 978. The van der Waals surface area contributed by atoms with E-state index in [1.165, 1.54) is 12.1 Å². The number of morpholine rings is 1. The third-order valence-electron chi connectivity index (χ3n) is 4.72. The Morgan fingerprint density at radius 3 is 2.65 bits per heavy atom. The molecule has 0 bridgehead atoms. The standard InChI is InChI=1S/C21H24F3N5O2/c1-13-2-5-17(16(23)12-13)28-19-14(3-4-15(22)18(19)24)20(25)31-21(26)27-6-7-29-8-10-30-11-9-29/h2-5,12,25,28H,6-11H2,1H3,(H2,26,27). The molecule has 166 valence electrons. The number of ether oxygens (including phenoxy) is 2. The Kier molecular flexibility index (Phi) is 7.48. The predicted octanol–water partition coefficient (Wildman–Crippen LogP) is 3.14. The van der Waals surface area contributed by atoms with Gasteiger partial charge in [-0.05, 0) is 36.8 Å². The molecular formula is C21H24F3N5O2. The van der Waals surface area contributed by atoms with E-state index in [0.717, 1.165) is 25.2 Å². The molecule has 31 heavy (non-hydrogen) atoms. The van der Waals surface area contributed by atoms with Crippen molar-refractivity contribution < 1.29 is 22.6 Å². The van der Waals surface area contributed by atoms with Crippen molar-refractivity contribution in [3.05, 3.63) is 58.9 Å². The van der Waals surface area contributed by atoms with Crippen molar-refractivity contribution in [1.82, 2.24) is 4.90 Å². The van der Waals surface area contributed by atoms with Gasteiger partial charge < -0.3 is 20.5 Å². The Labute approximate surface area is 178 Å². The third kappa shape index (κ3) is 5.96. The van der Waals surface area contributed by atoms with Crippen molar-refractivity contribution >= 4 is 23.3 Å². The minimum Gasteiger partial charge on any atom is -0.407 e. The van der Waals surface area contributed by atoms with Crippen molar-refractivity contribution in [3.8, 4) is 0 Å². The van der Waals surface area contributed by atoms with Gasteiger partial charge in [0.1, 0.15) is 5.82 Å². The molecule has 2 aromatic rings. The van der Waals surface area contributed by atoms with Gasteiger partial charge in [0.2, 0.25) is 5.90 Å². The molecule has 1 fully saturated rings. The third-order valence-corrected chi connectivity index (χ3v) is 4.72. The van der Waals surface area contributed by atoms with Crippen LogP contribution in [-0.4, -0.2) is 56.2 Å². The van der Waals surface area contributed by atoms with Crippen LogP contribution in [-0.2, 0) is 9.47 Å². The number of rotatable bonds is 6. The number of aliphatic imine (C=N–C) groups is 1. The van der Waals surface area contributed by atoms with Crippen molar-refractivity contribution in [2.24, 2.45) is 10.7 Å². The van der Waals surface area contributed by atoms with E-state index < -0.39 is 29.0 Å². The molecule has 10 heteroatoms. The summed E-state index contributed by atoms with van der Waals surface area (Å²) in [7, 11) is 0. The van der Waals surface area contributed by atoms with E-state index in [1.54, 1.807) is 13.0 Å². The van der Waals surface area contributed by atoms with Crippen molar-refractivity contribution in [2.75, 3.05) is 44.7 Å². The Balaban J connectivity index is 1.72. The van der Waals surface area contributed by atoms with Gasteiger partial charge in [0.15, 0.2) is 11.6 Å². The van der Waals surface area contributed by atoms with Gasteiger partial charge >= 0.3 is 0 Å². The summed E-state index contributed by atoms with van der Waals surface area (Å²) >= 11 is 0. The van der Waals surface area contributed by atoms with Crippen molar-refractivity contribution in [2.45, 2.75) is 6.92 Å². The first-order valence-corrected chi connectivity index (χ1v) is 9.73. The first kappa shape index (κ1) is 22.6. The molecule has 0 unspecified atom stereocenters. The zero-order valence-electron chi connectivity index (χ0n) is 17.1. The Morgan fingerprint density at radius 2 is 1.94 bits per heavy atom. The lowest BCUT2D eigenvalue weighted by Gasteiger charge is -2.25. The SMILES string of the molecule is Cc1ccc(Nc2c(C(=N)OC(N)=NCCN3CCOCC3)ccc(F)c2F)c(F)c1. The maximum Gasteiger partial charge on any atom is 0.288 e. The molecule has 1 heterocycles. The lowest BCUT2D eigenvalue weighted by atomic mass is 10.1. The molecule has 0 amide bonds. The molecule has 0 spiro atoms. The molecule has 0 radical (unpaired) electrons. The van der Waals surface area contributed by atoms with E-state index in [-0.39, 0.29) is 17.3 Å². The van der Waals surface area contributed by atoms with E-state index in [4.69, 9.17) is 20.6 Å². The summed E-state index contributed by atoms with van der Waals surface area (Å²) in [6, 6.07) is 5.98. The fourth-order valence-electron chi connectivity index (χ4n) is 3.04. The van der Waals surface area contributed by atoms with Gasteiger partial charge in [0.25, 0.3) is 6.02 Å². The first-order chi connectivity index (χ1) is 14.8. The number of benzene rings is 2. The summed E-state index contributed by atoms with van der Waals surface area (Å²) in [6.07, 6.45) is 0. The van der Waals surface area contributed by atoms with Crippen LogP contribution in [0.2, 0.25) is 0 Å². The van der Waals surface area contributed by atoms with E-state index in [9.17, 15) is 13.2 Å². The van der Waals surface area contributed by atoms with Gasteiger partial charge in [-0.25, -0.2) is 18.2 Å². The number of aryl methyl sites for hydroxylation is 1. The maximum atomic E-state index is 14.5. The lowest BCUT2D eigenvalue weighted by Crippen LogP contribution is -2.38. The largest absolute Gasteiger partial charge is 0.407 e. The van der Waals surface area contributed by atoms with Crippen LogP contribution >= 0.6 is 0 Å². The summed E-state index contributed by atoms with van der Waals surface area (Å²) in [6.45, 7) is 5.60. The number of nitrogens with zero attached hydrogens (tertiary/aromatic N) is 2. The average Bonchev–Trinajstić information content (AvgIpc) is 2.74. The number of nitrogens with two attached hydrogens (primary N) is 1. The zero-order valence-corrected chi connectivity index (χ0v) is 17.1. The second-order valence-corrected chi connectivity index (χ2v) is 7.00. The molecule has 2 aromatic carbocycles. The van der Waals surface area contributed by atoms with Crippen LogP contribution in [0.4, 0.5) is 24.5 Å². The minimum atomic E-state index is -1.27. The Morgan fingerprint density at radius 1 is 1.19 bits per heavy atom. The number of anilines is 2. The first-order valence-electron chi connectivity index (χ1n) is 9.73. The van der Waals surface area contributed by atoms with Crippen LogP contribution in [0.3, 0.4) is 0 Å². The molecule has 7 nitrogen and oxygen atoms in total. The summed E-state index contributed by atoms with van der Waals surface area (Å²) in [5, 5.41) is 10.6. The highest BCUT2D eigenvalue weighted by Crippen LogP contribution is 2.28. The van der Waals surface area contributed by atoms with Crippen LogP contribution in [0.25, 0.3) is 0 Å². The van der Waals surface area contributed by atoms with Crippen LogP contribution in [0.5, 0.6) is 0 Å². The molecule has 1 saturated heterocycles. The van der Waals surface area contributed by atoms with Crippen LogP contribution in [0.15, 0.2) is 35.3 Å². The number of amidine groups is 1. The second kappa shape index (κ2) is 10.3. The molecule has 4 N–H and O–H groups in total. The smallest absolute Gasteiger partial charge is 0.288 e. The quantitative estimate of drug-likeness (QED) is 0.479. The fraction of sp³-hybridized carbons (Fsp3) is 0.333. The van der Waals surface area contributed by atoms with Gasteiger partial charge in [-0.2, -0.15) is 0 Å². The van der Waals surface area contributed by atoms with E-state index >= 15 is 0 Å². The summed E-state index contributed by atoms with van der Waals surface area (Å²) in [5.74, 6) is -3.62. The van der Waals surface area contributed by atoms with Gasteiger partial charge in [0.05, 0.1) is 36.7 Å². The molecule has 0 aliphatic carbocycles. The number of hydrogen-bond acceptors (Lipinski definition) is 6. The van der Waals surface area contributed by atoms with Gasteiger partial charge in [0, 0.05) is 19.6 Å². The molecule has 1 aliphatic rings. The molecule has 0 saturated carbocycles. The second-order valence-electron chi connectivity index (χ2n) is 7.00. The van der Waals surface area contributed by atoms with E-state index in [1.807, 2.05) is 0 Å². The summed E-state index contributed by atoms with van der Waals surface area (Å²) in [4.78, 5) is 6.21. The molecule has 0 atom stereocenters. The highest BCUT2D eigenvalue weighted by molar-refractivity contribution is 6.03. The lowest BCUT2D eigenvalue weighted by molar-refractivity contribution is 0.0394. The minimum absolute atomic E-state index is 0.0729. The molecule has 1 aliphatic heterocycles. The van der Waals surface area contributed by atoms with Crippen molar-refractivity contribution in [3.63, 3.8) is 0 Å². The topological polar surface area (TPSA) is 96.0 Å².